The normalized spacial score (nSPS) is 25.1. The van der Waals surface area contributed by atoms with E-state index in [0.29, 0.717) is 17.9 Å². The Bertz CT molecular complexity index is 1310. The molecule has 10 nitrogen and oxygen atoms in total. The van der Waals surface area contributed by atoms with Gasteiger partial charge < -0.3 is 4.74 Å². The van der Waals surface area contributed by atoms with E-state index in [4.69, 9.17) is 9.57 Å². The molecule has 37 heavy (non-hydrogen) atoms. The maximum atomic E-state index is 13.9. The highest BCUT2D eigenvalue weighted by Crippen LogP contribution is 2.46. The Hall–Kier alpha value is -1.39. The van der Waals surface area contributed by atoms with Crippen molar-refractivity contribution in [1.29, 1.82) is 0 Å². The number of carbonyl (C=O) groups excluding carboxylic acids is 1. The summed E-state index contributed by atoms with van der Waals surface area (Å²) in [5.74, 6) is -0.991. The Kier molecular flexibility index (Phi) is 8.80. The van der Waals surface area contributed by atoms with E-state index in [1.54, 1.807) is 17.4 Å². The molecular formula is C23H33N3O7S4. The first-order valence-electron chi connectivity index (χ1n) is 12.1. The molecule has 1 amide bonds. The summed E-state index contributed by atoms with van der Waals surface area (Å²) in [5, 5.41) is 2.02. The number of hydrogen-bond acceptors (Lipinski definition) is 9. The summed E-state index contributed by atoms with van der Waals surface area (Å²) in [7, 11) is -4.96. The largest absolute Gasteiger partial charge is 0.350 e. The summed E-state index contributed by atoms with van der Waals surface area (Å²) in [6, 6.07) is 5.65. The molecule has 2 saturated heterocycles. The molecule has 2 atom stereocenters. The van der Waals surface area contributed by atoms with Gasteiger partial charge in [0.2, 0.25) is 5.91 Å². The van der Waals surface area contributed by atoms with Crippen LogP contribution >= 0.6 is 22.7 Å². The van der Waals surface area contributed by atoms with Crippen LogP contribution in [0.1, 0.15) is 42.5 Å². The van der Waals surface area contributed by atoms with Crippen molar-refractivity contribution in [3.05, 3.63) is 34.0 Å². The third kappa shape index (κ3) is 6.11. The Labute approximate surface area is 226 Å². The van der Waals surface area contributed by atoms with E-state index in [2.05, 4.69) is 5.48 Å². The summed E-state index contributed by atoms with van der Waals surface area (Å²) < 4.78 is 59.6. The first-order chi connectivity index (χ1) is 17.4. The van der Waals surface area contributed by atoms with Gasteiger partial charge in [0.15, 0.2) is 16.1 Å². The molecule has 2 unspecified atom stereocenters. The molecule has 0 saturated carbocycles. The third-order valence-corrected chi connectivity index (χ3v) is 13.8. The number of nitrogens with one attached hydrogen (secondary N) is 1. The van der Waals surface area contributed by atoms with Gasteiger partial charge in [0, 0.05) is 54.8 Å². The van der Waals surface area contributed by atoms with Crippen LogP contribution in [0.5, 0.6) is 0 Å². The van der Waals surface area contributed by atoms with Crippen molar-refractivity contribution in [3.8, 4) is 9.75 Å². The number of carbonyl (C=O) groups is 1. The van der Waals surface area contributed by atoms with Gasteiger partial charge in [-0.15, -0.1) is 22.7 Å². The van der Waals surface area contributed by atoms with Crippen molar-refractivity contribution in [2.75, 3.05) is 39.5 Å². The highest BCUT2D eigenvalue weighted by molar-refractivity contribution is 7.92. The lowest BCUT2D eigenvalue weighted by atomic mass is 9.97. The molecule has 1 N–H and O–H groups in total. The lowest BCUT2D eigenvalue weighted by molar-refractivity contribution is -0.200. The SMILES string of the molecule is Cc1csc(-c2ccc(C3(CC(=O)NOC4CCCCO4)CCN(S(=O)(=O)N(C)C)CCS3(=O)=O)s2)c1. The highest BCUT2D eigenvalue weighted by atomic mass is 32.2. The molecule has 2 fully saturated rings. The smallest absolute Gasteiger partial charge is 0.281 e. The fourth-order valence-electron chi connectivity index (χ4n) is 4.52. The van der Waals surface area contributed by atoms with Crippen molar-refractivity contribution in [2.45, 2.75) is 50.1 Å². The van der Waals surface area contributed by atoms with Gasteiger partial charge in [0.1, 0.15) is 4.75 Å². The van der Waals surface area contributed by atoms with E-state index in [1.807, 2.05) is 24.4 Å². The van der Waals surface area contributed by atoms with Crippen molar-refractivity contribution >= 4 is 48.6 Å². The molecule has 2 aliphatic heterocycles. The minimum atomic E-state index is -3.95. The standard InChI is InChI=1S/C23H33N3O7S4/c1-17-14-19(34-16-17)18-7-8-20(35-18)23(15-21(27)24-33-22-6-4-5-12-32-22)9-10-26(11-13-36(23,28)29)37(30,31)25(2)3/h7-8,14,16,22H,4-6,9-13,15H2,1-3H3,(H,24,27). The fourth-order valence-corrected chi connectivity index (χ4v) is 10.3. The summed E-state index contributed by atoms with van der Waals surface area (Å²) >= 11 is 2.89. The summed E-state index contributed by atoms with van der Waals surface area (Å²) in [6.45, 7) is 2.31. The molecule has 0 aliphatic carbocycles. The van der Waals surface area contributed by atoms with E-state index in [0.717, 1.165) is 32.5 Å². The van der Waals surface area contributed by atoms with E-state index >= 15 is 0 Å². The molecule has 14 heteroatoms. The second-order valence-electron chi connectivity index (χ2n) is 9.52. The number of amides is 1. The first-order valence-corrected chi connectivity index (χ1v) is 16.8. The zero-order chi connectivity index (χ0) is 26.8. The Morgan fingerprint density at radius 3 is 2.70 bits per heavy atom. The Morgan fingerprint density at radius 2 is 2.05 bits per heavy atom. The number of nitrogens with zero attached hydrogens (tertiary/aromatic N) is 2. The van der Waals surface area contributed by atoms with Gasteiger partial charge in [-0.05, 0) is 55.3 Å². The monoisotopic (exact) mass is 591 g/mol. The number of ether oxygens (including phenoxy) is 1. The van der Waals surface area contributed by atoms with Crippen LogP contribution in [0.15, 0.2) is 23.6 Å². The lowest BCUT2D eigenvalue weighted by Crippen LogP contribution is -2.43. The van der Waals surface area contributed by atoms with Gasteiger partial charge in [0.25, 0.3) is 10.2 Å². The second kappa shape index (κ2) is 11.4. The highest BCUT2D eigenvalue weighted by Gasteiger charge is 2.50. The summed E-state index contributed by atoms with van der Waals surface area (Å²) in [5.41, 5.74) is 3.50. The van der Waals surface area contributed by atoms with Gasteiger partial charge in [-0.3, -0.25) is 4.79 Å². The van der Waals surface area contributed by atoms with E-state index < -0.39 is 42.7 Å². The molecule has 0 bridgehead atoms. The van der Waals surface area contributed by atoms with Crippen LogP contribution in [0.2, 0.25) is 0 Å². The average Bonchev–Trinajstić information content (AvgIpc) is 3.48. The summed E-state index contributed by atoms with van der Waals surface area (Å²) in [4.78, 5) is 21.0. The molecule has 2 aliphatic rings. The Balaban J connectivity index is 1.67. The van der Waals surface area contributed by atoms with Crippen molar-refractivity contribution in [1.82, 2.24) is 14.1 Å². The van der Waals surface area contributed by atoms with Crippen LogP contribution in [0, 0.1) is 6.92 Å². The van der Waals surface area contributed by atoms with Crippen LogP contribution < -0.4 is 5.48 Å². The molecule has 2 aromatic heterocycles. The van der Waals surface area contributed by atoms with Crippen LogP contribution in [0.4, 0.5) is 0 Å². The molecule has 0 aromatic carbocycles. The van der Waals surface area contributed by atoms with E-state index in [9.17, 15) is 21.6 Å². The van der Waals surface area contributed by atoms with Gasteiger partial charge in [-0.25, -0.2) is 18.7 Å². The summed E-state index contributed by atoms with van der Waals surface area (Å²) in [6.07, 6.45) is 1.45. The van der Waals surface area contributed by atoms with Gasteiger partial charge in [-0.1, -0.05) is 0 Å². The maximum Gasteiger partial charge on any atom is 0.281 e. The van der Waals surface area contributed by atoms with Crippen molar-refractivity contribution in [2.24, 2.45) is 0 Å². The minimum Gasteiger partial charge on any atom is -0.350 e. The van der Waals surface area contributed by atoms with E-state index in [-0.39, 0.29) is 25.9 Å². The molecule has 206 valence electrons. The Morgan fingerprint density at radius 1 is 1.27 bits per heavy atom. The number of hydrogen-bond donors (Lipinski definition) is 1. The number of thiophene rings is 2. The molecule has 4 rings (SSSR count). The average molecular weight is 592 g/mol. The number of hydroxylamine groups is 1. The zero-order valence-corrected chi connectivity index (χ0v) is 24.4. The maximum absolute atomic E-state index is 13.9. The van der Waals surface area contributed by atoms with Gasteiger partial charge in [0.05, 0.1) is 12.2 Å². The third-order valence-electron chi connectivity index (χ3n) is 6.67. The molecule has 2 aromatic rings. The fraction of sp³-hybridized carbons (Fsp3) is 0.609. The van der Waals surface area contributed by atoms with Crippen LogP contribution in [0.3, 0.4) is 0 Å². The predicted octanol–water partition coefficient (Wildman–Crippen LogP) is 2.87. The van der Waals surface area contributed by atoms with E-state index in [1.165, 1.54) is 29.7 Å². The lowest BCUT2D eigenvalue weighted by Gasteiger charge is -2.31. The van der Waals surface area contributed by atoms with Gasteiger partial charge >= 0.3 is 0 Å². The quantitative estimate of drug-likeness (QED) is 0.469. The van der Waals surface area contributed by atoms with Crippen LogP contribution in [-0.2, 0) is 39.2 Å². The second-order valence-corrected chi connectivity index (χ2v) is 16.1. The van der Waals surface area contributed by atoms with Crippen LogP contribution in [0.25, 0.3) is 9.75 Å². The van der Waals surface area contributed by atoms with Crippen LogP contribution in [-0.4, -0.2) is 77.2 Å². The van der Waals surface area contributed by atoms with Gasteiger partial charge in [-0.2, -0.15) is 17.0 Å². The number of rotatable bonds is 8. The molecular weight excluding hydrogens is 559 g/mol. The predicted molar refractivity (Wildman–Crippen MR) is 144 cm³/mol. The topological polar surface area (TPSA) is 122 Å². The van der Waals surface area contributed by atoms with Crippen molar-refractivity contribution in [3.63, 3.8) is 0 Å². The molecule has 0 radical (unpaired) electrons. The number of aryl methyl sites for hydroxylation is 1. The molecule has 0 spiro atoms. The molecule has 4 heterocycles. The minimum absolute atomic E-state index is 0.0367. The van der Waals surface area contributed by atoms with Crippen molar-refractivity contribution < 1.29 is 31.2 Å². The first kappa shape index (κ1) is 28.6. The number of sulfone groups is 1. The zero-order valence-electron chi connectivity index (χ0n) is 21.1.